The Labute approximate surface area is 158 Å². The molecule has 3 aromatic rings. The number of amides is 1. The standard InChI is InChI=1S/C18H16ClFN4O3/c1-26-15-11(19)7-22-18(27-2)14(15)10-6-21-16-8(10)3-4-13(23-16)24-17(25)9-5-12(9)20/h3-4,6-7,9,12H,5H2,1-2H3,(H2,21,23,24,25). The number of alkyl halides is 1. The Morgan fingerprint density at radius 2 is 2.15 bits per heavy atom. The number of anilines is 1. The molecule has 1 aliphatic carbocycles. The van der Waals surface area contributed by atoms with E-state index >= 15 is 0 Å². The number of ether oxygens (including phenoxy) is 2. The fourth-order valence-electron chi connectivity index (χ4n) is 2.98. The lowest BCUT2D eigenvalue weighted by molar-refractivity contribution is -0.117. The van der Waals surface area contributed by atoms with E-state index in [4.69, 9.17) is 21.1 Å². The molecular formula is C18H16ClFN4O3. The molecule has 0 spiro atoms. The Bertz CT molecular complexity index is 1040. The summed E-state index contributed by atoms with van der Waals surface area (Å²) in [5, 5.41) is 3.76. The first-order valence-electron chi connectivity index (χ1n) is 8.23. The van der Waals surface area contributed by atoms with Gasteiger partial charge in [0.1, 0.15) is 22.7 Å². The Balaban J connectivity index is 1.74. The minimum Gasteiger partial charge on any atom is -0.494 e. The predicted molar refractivity (Wildman–Crippen MR) is 99.1 cm³/mol. The SMILES string of the molecule is COc1ncc(Cl)c(OC)c1-c1c[nH]c2nc(NC(=O)C3CC3F)ccc12. The van der Waals surface area contributed by atoms with Crippen LogP contribution in [-0.2, 0) is 4.79 Å². The van der Waals surface area contributed by atoms with Crippen molar-refractivity contribution in [3.05, 3.63) is 29.5 Å². The van der Waals surface area contributed by atoms with Gasteiger partial charge in [0.05, 0.1) is 31.9 Å². The third-order valence-corrected chi connectivity index (χ3v) is 4.73. The largest absolute Gasteiger partial charge is 0.494 e. The maximum absolute atomic E-state index is 13.0. The number of pyridine rings is 2. The molecule has 1 fully saturated rings. The van der Waals surface area contributed by atoms with Gasteiger partial charge in [-0.05, 0) is 18.6 Å². The van der Waals surface area contributed by atoms with E-state index in [1.165, 1.54) is 20.4 Å². The van der Waals surface area contributed by atoms with Crippen LogP contribution in [0.25, 0.3) is 22.2 Å². The van der Waals surface area contributed by atoms with Crippen LogP contribution in [0.15, 0.2) is 24.5 Å². The summed E-state index contributed by atoms with van der Waals surface area (Å²) in [5.41, 5.74) is 1.88. The van der Waals surface area contributed by atoms with Crippen LogP contribution in [0.4, 0.5) is 10.2 Å². The van der Waals surface area contributed by atoms with Gasteiger partial charge in [-0.1, -0.05) is 11.6 Å². The molecule has 3 heterocycles. The van der Waals surface area contributed by atoms with Crippen molar-refractivity contribution in [1.82, 2.24) is 15.0 Å². The average Bonchev–Trinajstić information content (AvgIpc) is 3.26. The summed E-state index contributed by atoms with van der Waals surface area (Å²) in [6, 6.07) is 3.45. The molecule has 2 atom stereocenters. The quantitative estimate of drug-likeness (QED) is 0.695. The first-order valence-corrected chi connectivity index (χ1v) is 8.61. The molecular weight excluding hydrogens is 375 g/mol. The first-order chi connectivity index (χ1) is 13.0. The van der Waals surface area contributed by atoms with Crippen LogP contribution in [0.2, 0.25) is 5.02 Å². The number of nitrogens with zero attached hydrogens (tertiary/aromatic N) is 2. The number of aromatic nitrogens is 3. The second-order valence-corrected chi connectivity index (χ2v) is 6.57. The van der Waals surface area contributed by atoms with Gasteiger partial charge in [0, 0.05) is 17.1 Å². The van der Waals surface area contributed by atoms with Crippen LogP contribution in [0.3, 0.4) is 0 Å². The van der Waals surface area contributed by atoms with Crippen LogP contribution in [0.5, 0.6) is 11.6 Å². The van der Waals surface area contributed by atoms with Gasteiger partial charge in [0.2, 0.25) is 11.8 Å². The van der Waals surface area contributed by atoms with Gasteiger partial charge in [-0.15, -0.1) is 0 Å². The molecule has 1 amide bonds. The Kier molecular flexibility index (Phi) is 4.35. The second-order valence-electron chi connectivity index (χ2n) is 6.17. The zero-order valence-electron chi connectivity index (χ0n) is 14.5. The predicted octanol–water partition coefficient (Wildman–Crippen LogP) is 3.59. The van der Waals surface area contributed by atoms with E-state index in [0.29, 0.717) is 33.7 Å². The molecule has 2 N–H and O–H groups in total. The molecule has 9 heteroatoms. The first kappa shape index (κ1) is 17.5. The normalized spacial score (nSPS) is 18.4. The van der Waals surface area contributed by atoms with Crippen molar-refractivity contribution in [1.29, 1.82) is 0 Å². The van der Waals surface area contributed by atoms with Crippen LogP contribution in [-0.4, -0.2) is 41.3 Å². The molecule has 0 saturated heterocycles. The smallest absolute Gasteiger partial charge is 0.231 e. The van der Waals surface area contributed by atoms with Crippen molar-refractivity contribution in [2.45, 2.75) is 12.6 Å². The van der Waals surface area contributed by atoms with Crippen LogP contribution in [0.1, 0.15) is 6.42 Å². The van der Waals surface area contributed by atoms with Crippen molar-refractivity contribution >= 4 is 34.4 Å². The van der Waals surface area contributed by atoms with E-state index in [1.807, 2.05) is 0 Å². The minimum atomic E-state index is -1.05. The van der Waals surface area contributed by atoms with Crippen LogP contribution >= 0.6 is 11.6 Å². The lowest BCUT2D eigenvalue weighted by Crippen LogP contribution is -2.15. The lowest BCUT2D eigenvalue weighted by atomic mass is 10.1. The van der Waals surface area contributed by atoms with Crippen LogP contribution in [0, 0.1) is 5.92 Å². The van der Waals surface area contributed by atoms with E-state index < -0.39 is 12.1 Å². The van der Waals surface area contributed by atoms with Gasteiger partial charge in [-0.2, -0.15) is 0 Å². The van der Waals surface area contributed by atoms with Crippen molar-refractivity contribution in [2.75, 3.05) is 19.5 Å². The molecule has 140 valence electrons. The van der Waals surface area contributed by atoms with Crippen molar-refractivity contribution < 1.29 is 18.7 Å². The summed E-state index contributed by atoms with van der Waals surface area (Å²) >= 11 is 6.21. The average molecular weight is 391 g/mol. The van der Waals surface area contributed by atoms with Crippen molar-refractivity contribution in [3.8, 4) is 22.8 Å². The Morgan fingerprint density at radius 1 is 1.37 bits per heavy atom. The van der Waals surface area contributed by atoms with E-state index in [9.17, 15) is 9.18 Å². The van der Waals surface area contributed by atoms with Gasteiger partial charge >= 0.3 is 0 Å². The fraction of sp³-hybridized carbons (Fsp3) is 0.278. The second kappa shape index (κ2) is 6.70. The number of hydrogen-bond acceptors (Lipinski definition) is 5. The van der Waals surface area contributed by atoms with Gasteiger partial charge < -0.3 is 19.8 Å². The lowest BCUT2D eigenvalue weighted by Gasteiger charge is -2.13. The summed E-state index contributed by atoms with van der Waals surface area (Å²) in [7, 11) is 3.02. The van der Waals surface area contributed by atoms with E-state index in [0.717, 1.165) is 10.9 Å². The van der Waals surface area contributed by atoms with Gasteiger partial charge in [0.25, 0.3) is 0 Å². The molecule has 3 aromatic heterocycles. The third kappa shape index (κ3) is 3.06. The molecule has 1 saturated carbocycles. The number of carbonyl (C=O) groups excluding carboxylic acids is 1. The van der Waals surface area contributed by atoms with Gasteiger partial charge in [0.15, 0.2) is 5.75 Å². The highest BCUT2D eigenvalue weighted by Gasteiger charge is 2.43. The van der Waals surface area contributed by atoms with E-state index in [-0.39, 0.29) is 12.3 Å². The Morgan fingerprint density at radius 3 is 2.81 bits per heavy atom. The molecule has 0 aromatic carbocycles. The molecule has 0 radical (unpaired) electrons. The van der Waals surface area contributed by atoms with Crippen LogP contribution < -0.4 is 14.8 Å². The fourth-order valence-corrected chi connectivity index (χ4v) is 3.20. The number of hydrogen-bond donors (Lipinski definition) is 2. The maximum Gasteiger partial charge on any atom is 0.231 e. The number of fused-ring (bicyclic) bond motifs is 1. The molecule has 27 heavy (non-hydrogen) atoms. The molecule has 2 unspecified atom stereocenters. The van der Waals surface area contributed by atoms with E-state index in [2.05, 4.69) is 20.3 Å². The monoisotopic (exact) mass is 390 g/mol. The third-order valence-electron chi connectivity index (χ3n) is 4.46. The molecule has 0 bridgehead atoms. The summed E-state index contributed by atoms with van der Waals surface area (Å²) in [5.74, 6) is 0.209. The molecule has 0 aliphatic heterocycles. The number of halogens is 2. The summed E-state index contributed by atoms with van der Waals surface area (Å²) in [6.07, 6.45) is 2.41. The number of carbonyl (C=O) groups is 1. The van der Waals surface area contributed by atoms with Gasteiger partial charge in [-0.3, -0.25) is 4.79 Å². The summed E-state index contributed by atoms with van der Waals surface area (Å²) in [6.45, 7) is 0. The maximum atomic E-state index is 13.0. The number of rotatable bonds is 5. The molecule has 7 nitrogen and oxygen atoms in total. The van der Waals surface area contributed by atoms with Gasteiger partial charge in [-0.25, -0.2) is 14.4 Å². The number of H-pyrrole nitrogens is 1. The number of aromatic amines is 1. The van der Waals surface area contributed by atoms with Crippen molar-refractivity contribution in [3.63, 3.8) is 0 Å². The highest BCUT2D eigenvalue weighted by molar-refractivity contribution is 6.32. The Hall–Kier alpha value is -2.87. The zero-order valence-corrected chi connectivity index (χ0v) is 15.3. The highest BCUT2D eigenvalue weighted by Crippen LogP contribution is 2.44. The number of methoxy groups -OCH3 is 2. The summed E-state index contributed by atoms with van der Waals surface area (Å²) < 4.78 is 23.8. The van der Waals surface area contributed by atoms with Crippen molar-refractivity contribution in [2.24, 2.45) is 5.92 Å². The summed E-state index contributed by atoms with van der Waals surface area (Å²) in [4.78, 5) is 23.5. The topological polar surface area (TPSA) is 89.1 Å². The zero-order chi connectivity index (χ0) is 19.1. The minimum absolute atomic E-state index is 0.266. The molecule has 4 rings (SSSR count). The molecule has 1 aliphatic rings. The highest BCUT2D eigenvalue weighted by atomic mass is 35.5. The van der Waals surface area contributed by atoms with E-state index in [1.54, 1.807) is 18.3 Å². The number of nitrogens with one attached hydrogen (secondary N) is 2.